The molecule has 0 N–H and O–H groups in total. The Bertz CT molecular complexity index is 176. The minimum atomic E-state index is -0.528. The van der Waals surface area contributed by atoms with Crippen LogP contribution in [0.5, 0.6) is 0 Å². The van der Waals surface area contributed by atoms with E-state index in [-0.39, 0.29) is 5.97 Å². The molecule has 0 unspecified atom stereocenters. The second-order valence-electron chi connectivity index (χ2n) is 4.49. The lowest BCUT2D eigenvalue weighted by Gasteiger charge is -2.21. The number of hydrogen-bond donors (Lipinski definition) is 0. The van der Waals surface area contributed by atoms with Crippen LogP contribution in [0.25, 0.3) is 0 Å². The van der Waals surface area contributed by atoms with Crippen LogP contribution in [0.1, 0.15) is 46.5 Å². The van der Waals surface area contributed by atoms with Crippen molar-refractivity contribution in [1.29, 1.82) is 0 Å². The van der Waals surface area contributed by atoms with E-state index in [1.165, 1.54) is 26.4 Å². The fraction of sp³-hybridized carbons (Fsp3) is 0.917. The Balaban J connectivity index is 3.53. The van der Waals surface area contributed by atoms with E-state index in [0.717, 1.165) is 13.0 Å². The molecule has 0 fully saturated rings. The smallest absolute Gasteiger partial charge is 0.313 e. The summed E-state index contributed by atoms with van der Waals surface area (Å²) < 4.78 is 10.2. The van der Waals surface area contributed by atoms with Crippen molar-refractivity contribution < 1.29 is 14.3 Å². The molecule has 15 heavy (non-hydrogen) atoms. The van der Waals surface area contributed by atoms with E-state index < -0.39 is 5.41 Å². The average Bonchev–Trinajstić information content (AvgIpc) is 2.22. The Hall–Kier alpha value is -0.570. The molecular formula is C12H24O3. The Labute approximate surface area is 93.1 Å². The molecular weight excluding hydrogens is 192 g/mol. The fourth-order valence-corrected chi connectivity index (χ4v) is 1.29. The van der Waals surface area contributed by atoms with Crippen LogP contribution in [0.3, 0.4) is 0 Å². The number of rotatable bonds is 8. The normalized spacial score (nSPS) is 11.5. The quantitative estimate of drug-likeness (QED) is 0.462. The molecule has 0 aliphatic rings. The van der Waals surface area contributed by atoms with Gasteiger partial charge in [-0.15, -0.1) is 0 Å². The highest BCUT2D eigenvalue weighted by Crippen LogP contribution is 2.17. The van der Waals surface area contributed by atoms with Gasteiger partial charge in [0.1, 0.15) is 0 Å². The molecule has 0 saturated carbocycles. The highest BCUT2D eigenvalue weighted by molar-refractivity contribution is 5.75. The minimum absolute atomic E-state index is 0.212. The van der Waals surface area contributed by atoms with E-state index in [4.69, 9.17) is 9.47 Å². The van der Waals surface area contributed by atoms with Gasteiger partial charge >= 0.3 is 5.97 Å². The monoisotopic (exact) mass is 216 g/mol. The van der Waals surface area contributed by atoms with Gasteiger partial charge in [-0.25, -0.2) is 0 Å². The molecule has 0 radical (unpaired) electrons. The highest BCUT2D eigenvalue weighted by Gasteiger charge is 2.28. The van der Waals surface area contributed by atoms with E-state index >= 15 is 0 Å². The van der Waals surface area contributed by atoms with Crippen LogP contribution in [-0.2, 0) is 14.3 Å². The van der Waals surface area contributed by atoms with Crippen molar-refractivity contribution in [3.05, 3.63) is 0 Å². The molecule has 0 amide bonds. The van der Waals surface area contributed by atoms with Crippen molar-refractivity contribution in [2.75, 3.05) is 20.3 Å². The predicted octanol–water partition coefficient (Wildman–Crippen LogP) is 2.78. The molecule has 0 aromatic rings. The number of hydrogen-bond acceptors (Lipinski definition) is 3. The van der Waals surface area contributed by atoms with Crippen molar-refractivity contribution in [2.45, 2.75) is 46.5 Å². The lowest BCUT2D eigenvalue weighted by molar-refractivity contribution is -0.154. The number of carbonyl (C=O) groups is 1. The molecule has 90 valence electrons. The molecule has 3 nitrogen and oxygen atoms in total. The van der Waals surface area contributed by atoms with Crippen molar-refractivity contribution in [3.63, 3.8) is 0 Å². The molecule has 0 aromatic heterocycles. The first-order chi connectivity index (χ1) is 7.04. The summed E-state index contributed by atoms with van der Waals surface area (Å²) in [6.45, 7) is 7.03. The maximum Gasteiger partial charge on any atom is 0.313 e. The summed E-state index contributed by atoms with van der Waals surface area (Å²) in [5.41, 5.74) is -0.528. The van der Waals surface area contributed by atoms with Crippen molar-refractivity contribution in [1.82, 2.24) is 0 Å². The van der Waals surface area contributed by atoms with Gasteiger partial charge in [0.2, 0.25) is 0 Å². The van der Waals surface area contributed by atoms with Crippen LogP contribution in [0.4, 0.5) is 0 Å². The summed E-state index contributed by atoms with van der Waals surface area (Å²) in [6, 6.07) is 0. The van der Waals surface area contributed by atoms with E-state index in [9.17, 15) is 4.79 Å². The van der Waals surface area contributed by atoms with Crippen LogP contribution >= 0.6 is 0 Å². The first-order valence-electron chi connectivity index (χ1n) is 5.70. The Morgan fingerprint density at radius 3 is 2.40 bits per heavy atom. The second-order valence-corrected chi connectivity index (χ2v) is 4.49. The molecule has 3 heteroatoms. The van der Waals surface area contributed by atoms with Crippen LogP contribution in [-0.4, -0.2) is 26.3 Å². The summed E-state index contributed by atoms with van der Waals surface area (Å²) in [6.07, 6.45) is 4.76. The summed E-state index contributed by atoms with van der Waals surface area (Å²) in [5, 5.41) is 0. The maximum atomic E-state index is 11.3. The molecule has 0 saturated heterocycles. The summed E-state index contributed by atoms with van der Waals surface area (Å²) in [5.74, 6) is -0.212. The van der Waals surface area contributed by atoms with Gasteiger partial charge in [-0.05, 0) is 20.3 Å². The number of carbonyl (C=O) groups excluding carboxylic acids is 1. The van der Waals surface area contributed by atoms with Gasteiger partial charge in [0.05, 0.1) is 19.1 Å². The second kappa shape index (κ2) is 7.69. The molecule has 0 aromatic carbocycles. The van der Waals surface area contributed by atoms with Crippen molar-refractivity contribution in [2.24, 2.45) is 5.41 Å². The molecule has 0 rings (SSSR count). The summed E-state index contributed by atoms with van der Waals surface area (Å²) in [7, 11) is 1.41. The summed E-state index contributed by atoms with van der Waals surface area (Å²) in [4.78, 5) is 11.3. The first-order valence-corrected chi connectivity index (χ1v) is 5.70. The highest BCUT2D eigenvalue weighted by atomic mass is 16.5. The number of methoxy groups -OCH3 is 1. The van der Waals surface area contributed by atoms with Crippen molar-refractivity contribution in [3.8, 4) is 0 Å². The van der Waals surface area contributed by atoms with E-state index in [1.807, 2.05) is 13.8 Å². The van der Waals surface area contributed by atoms with Gasteiger partial charge in [0.25, 0.3) is 0 Å². The number of unbranched alkanes of at least 4 members (excludes halogenated alkanes) is 3. The number of esters is 1. The van der Waals surface area contributed by atoms with E-state index in [0.29, 0.717) is 6.61 Å². The standard InChI is InChI=1S/C12H24O3/c1-5-6-7-8-9-15-10-12(2,3)11(13)14-4/h5-10H2,1-4H3. The first kappa shape index (κ1) is 14.4. The topological polar surface area (TPSA) is 35.5 Å². The Kier molecular flexibility index (Phi) is 7.39. The zero-order valence-corrected chi connectivity index (χ0v) is 10.5. The Morgan fingerprint density at radius 2 is 1.87 bits per heavy atom. The molecule has 0 atom stereocenters. The third-order valence-electron chi connectivity index (χ3n) is 2.34. The van der Waals surface area contributed by atoms with Gasteiger partial charge < -0.3 is 9.47 Å². The summed E-state index contributed by atoms with van der Waals surface area (Å²) >= 11 is 0. The lowest BCUT2D eigenvalue weighted by atomic mass is 9.95. The van der Waals surface area contributed by atoms with Gasteiger partial charge in [0, 0.05) is 6.61 Å². The van der Waals surface area contributed by atoms with Crippen molar-refractivity contribution >= 4 is 5.97 Å². The zero-order valence-electron chi connectivity index (χ0n) is 10.5. The van der Waals surface area contributed by atoms with Gasteiger partial charge in [0.15, 0.2) is 0 Å². The van der Waals surface area contributed by atoms with Crippen LogP contribution in [0.15, 0.2) is 0 Å². The SMILES string of the molecule is CCCCCCOCC(C)(C)C(=O)OC. The number of ether oxygens (including phenoxy) is 2. The van der Waals surface area contributed by atoms with Crippen LogP contribution in [0.2, 0.25) is 0 Å². The Morgan fingerprint density at radius 1 is 1.20 bits per heavy atom. The zero-order chi connectivity index (χ0) is 11.7. The van der Waals surface area contributed by atoms with Gasteiger partial charge in [-0.2, -0.15) is 0 Å². The van der Waals surface area contributed by atoms with Gasteiger partial charge in [-0.1, -0.05) is 26.2 Å². The molecule has 0 heterocycles. The van der Waals surface area contributed by atoms with Crippen LogP contribution < -0.4 is 0 Å². The third kappa shape index (κ3) is 6.50. The maximum absolute atomic E-state index is 11.3. The fourth-order valence-electron chi connectivity index (χ4n) is 1.29. The molecule has 0 bridgehead atoms. The van der Waals surface area contributed by atoms with Crippen LogP contribution in [0, 0.1) is 5.41 Å². The molecule has 0 aliphatic carbocycles. The lowest BCUT2D eigenvalue weighted by Crippen LogP contribution is -2.30. The predicted molar refractivity (Wildman–Crippen MR) is 60.8 cm³/mol. The van der Waals surface area contributed by atoms with Gasteiger partial charge in [-0.3, -0.25) is 4.79 Å². The molecule has 0 aliphatic heterocycles. The average molecular weight is 216 g/mol. The minimum Gasteiger partial charge on any atom is -0.469 e. The van der Waals surface area contributed by atoms with E-state index in [1.54, 1.807) is 0 Å². The molecule has 0 spiro atoms. The largest absolute Gasteiger partial charge is 0.469 e. The third-order valence-corrected chi connectivity index (χ3v) is 2.34. The van der Waals surface area contributed by atoms with E-state index in [2.05, 4.69) is 6.92 Å².